The van der Waals surface area contributed by atoms with Crippen LogP contribution in [0.4, 0.5) is 32.3 Å². The summed E-state index contributed by atoms with van der Waals surface area (Å²) in [5.74, 6) is -0.575. The SMILES string of the molecule is CCc1cnc(N(CCc2ccc(C(F)(F)F)cc2)CCN2CCc3ccc(CC(=O)O)cc3C2)nc1.O=C(Cc1ccc(C(F)(F)F)cc1)NCCO. The number of amides is 1. The molecule has 0 saturated heterocycles. The van der Waals surface area contributed by atoms with E-state index in [2.05, 4.69) is 25.1 Å². The smallest absolute Gasteiger partial charge is 0.416 e. The first kappa shape index (κ1) is 41.7. The van der Waals surface area contributed by atoms with Crippen molar-refractivity contribution in [2.24, 2.45) is 0 Å². The second-order valence-corrected chi connectivity index (χ2v) is 12.8. The normalized spacial score (nSPS) is 13.0. The Labute approximate surface area is 309 Å². The average molecular weight is 760 g/mol. The summed E-state index contributed by atoms with van der Waals surface area (Å²) < 4.78 is 75.5. The van der Waals surface area contributed by atoms with Gasteiger partial charge in [0.2, 0.25) is 11.9 Å². The van der Waals surface area contributed by atoms with Crippen LogP contribution in [0.25, 0.3) is 0 Å². The molecule has 3 N–H and O–H groups in total. The number of aromatic nitrogens is 2. The van der Waals surface area contributed by atoms with Crippen molar-refractivity contribution in [2.75, 3.05) is 44.2 Å². The zero-order valence-electron chi connectivity index (χ0n) is 29.8. The number of aryl methyl sites for hydroxylation is 1. The van der Waals surface area contributed by atoms with Crippen LogP contribution in [-0.2, 0) is 60.6 Å². The van der Waals surface area contributed by atoms with E-state index in [1.54, 1.807) is 0 Å². The number of carboxylic acids is 1. The summed E-state index contributed by atoms with van der Waals surface area (Å²) in [6.07, 6.45) is -2.77. The van der Waals surface area contributed by atoms with Gasteiger partial charge in [0.05, 0.1) is 30.6 Å². The lowest BCUT2D eigenvalue weighted by atomic mass is 9.96. The predicted molar refractivity (Wildman–Crippen MR) is 191 cm³/mol. The monoisotopic (exact) mass is 759 g/mol. The Bertz CT molecular complexity index is 1800. The fraction of sp³-hybridized carbons (Fsp3) is 0.385. The quantitative estimate of drug-likeness (QED) is 0.131. The van der Waals surface area contributed by atoms with Crippen LogP contribution >= 0.6 is 0 Å². The van der Waals surface area contributed by atoms with E-state index in [1.807, 2.05) is 37.5 Å². The summed E-state index contributed by atoms with van der Waals surface area (Å²) in [6.45, 7) is 5.64. The van der Waals surface area contributed by atoms with Crippen LogP contribution in [0.1, 0.15) is 51.4 Å². The topological polar surface area (TPSA) is 119 Å². The number of hydrogen-bond donors (Lipinski definition) is 3. The van der Waals surface area contributed by atoms with Crippen molar-refractivity contribution in [2.45, 2.75) is 57.9 Å². The second-order valence-electron chi connectivity index (χ2n) is 12.8. The third-order valence-electron chi connectivity index (χ3n) is 8.82. The molecule has 0 unspecified atom stereocenters. The first-order chi connectivity index (χ1) is 25.6. The van der Waals surface area contributed by atoms with Crippen molar-refractivity contribution in [3.05, 3.63) is 124 Å². The van der Waals surface area contributed by atoms with Crippen LogP contribution in [0.2, 0.25) is 0 Å². The van der Waals surface area contributed by atoms with E-state index < -0.39 is 29.4 Å². The van der Waals surface area contributed by atoms with E-state index >= 15 is 0 Å². The van der Waals surface area contributed by atoms with Gasteiger partial charge in [-0.3, -0.25) is 14.5 Å². The Kier molecular flexibility index (Phi) is 15.0. The number of carboxylic acid groups (broad SMARTS) is 1. The zero-order chi connectivity index (χ0) is 39.3. The predicted octanol–water partition coefficient (Wildman–Crippen LogP) is 6.15. The molecule has 290 valence electrons. The van der Waals surface area contributed by atoms with Crippen LogP contribution in [-0.4, -0.2) is 76.3 Å². The van der Waals surface area contributed by atoms with E-state index in [0.717, 1.165) is 79.0 Å². The van der Waals surface area contributed by atoms with Gasteiger partial charge in [0.1, 0.15) is 0 Å². The number of anilines is 1. The van der Waals surface area contributed by atoms with Crippen molar-refractivity contribution in [1.29, 1.82) is 0 Å². The highest BCUT2D eigenvalue weighted by molar-refractivity contribution is 5.78. The molecule has 54 heavy (non-hydrogen) atoms. The molecule has 4 aromatic rings. The van der Waals surface area contributed by atoms with Gasteiger partial charge in [-0.1, -0.05) is 49.4 Å². The van der Waals surface area contributed by atoms with Crippen molar-refractivity contribution in [1.82, 2.24) is 20.2 Å². The minimum Gasteiger partial charge on any atom is -0.481 e. The Balaban J connectivity index is 0.000000321. The molecule has 0 radical (unpaired) electrons. The lowest BCUT2D eigenvalue weighted by Crippen LogP contribution is -2.39. The van der Waals surface area contributed by atoms with Gasteiger partial charge in [0.25, 0.3) is 0 Å². The number of rotatable bonds is 14. The lowest BCUT2D eigenvalue weighted by Gasteiger charge is -2.31. The minimum absolute atomic E-state index is 0.00185. The van der Waals surface area contributed by atoms with E-state index in [4.69, 9.17) is 10.2 Å². The summed E-state index contributed by atoms with van der Waals surface area (Å²) in [5, 5.41) is 20.0. The molecule has 3 aromatic carbocycles. The third-order valence-corrected chi connectivity index (χ3v) is 8.82. The molecule has 0 aliphatic carbocycles. The molecule has 0 spiro atoms. The fourth-order valence-electron chi connectivity index (χ4n) is 5.79. The third kappa shape index (κ3) is 13.1. The number of alkyl halides is 6. The molecule has 1 aliphatic rings. The standard InChI is InChI=1S/C28H31F3N4O2.C11H12F3NO2/c1-2-20-17-32-27(33-18-20)35(12-9-21-4-7-25(8-5-21)28(29,30)31)14-13-34-11-10-23-6-3-22(16-26(36)37)15-24(23)19-34;12-11(13,14)9-3-1-8(2-4-9)7-10(17)15-5-6-16/h3-8,15,17-18H,2,9-14,16,19H2,1H3,(H,36,37);1-4,16H,5-7H2,(H,15,17). The van der Waals surface area contributed by atoms with Crippen molar-refractivity contribution in [3.8, 4) is 0 Å². The Morgan fingerprint density at radius 2 is 1.39 bits per heavy atom. The number of aliphatic hydroxyl groups excluding tert-OH is 1. The van der Waals surface area contributed by atoms with Crippen LogP contribution in [0.3, 0.4) is 0 Å². The largest absolute Gasteiger partial charge is 0.481 e. The van der Waals surface area contributed by atoms with E-state index in [0.29, 0.717) is 31.0 Å². The number of nitrogens with one attached hydrogen (secondary N) is 1. The van der Waals surface area contributed by atoms with E-state index in [9.17, 15) is 35.9 Å². The fourth-order valence-corrected chi connectivity index (χ4v) is 5.79. The van der Waals surface area contributed by atoms with Crippen LogP contribution < -0.4 is 10.2 Å². The number of nitrogens with zero attached hydrogens (tertiary/aromatic N) is 4. The minimum atomic E-state index is -4.36. The summed E-state index contributed by atoms with van der Waals surface area (Å²) in [6, 6.07) is 15.6. The molecular weight excluding hydrogens is 716 g/mol. The summed E-state index contributed by atoms with van der Waals surface area (Å²) >= 11 is 0. The number of halogens is 6. The maximum absolute atomic E-state index is 12.9. The summed E-state index contributed by atoms with van der Waals surface area (Å²) in [4.78, 5) is 35.8. The molecule has 0 atom stereocenters. The zero-order valence-corrected chi connectivity index (χ0v) is 29.8. The van der Waals surface area contributed by atoms with Crippen molar-refractivity contribution in [3.63, 3.8) is 0 Å². The highest BCUT2D eigenvalue weighted by Gasteiger charge is 2.31. The molecule has 1 aliphatic heterocycles. The Morgan fingerprint density at radius 1 is 0.796 bits per heavy atom. The number of aliphatic hydroxyl groups is 1. The van der Waals surface area contributed by atoms with Gasteiger partial charge in [-0.25, -0.2) is 9.97 Å². The Morgan fingerprint density at radius 3 is 1.94 bits per heavy atom. The molecule has 1 amide bonds. The highest BCUT2D eigenvalue weighted by Crippen LogP contribution is 2.30. The molecule has 0 saturated carbocycles. The molecular formula is C39H43F6N5O4. The summed E-state index contributed by atoms with van der Waals surface area (Å²) in [7, 11) is 0. The van der Waals surface area contributed by atoms with Crippen LogP contribution in [0.15, 0.2) is 79.1 Å². The highest BCUT2D eigenvalue weighted by atomic mass is 19.4. The molecule has 1 aromatic heterocycles. The number of fused-ring (bicyclic) bond motifs is 1. The van der Waals surface area contributed by atoms with Gasteiger partial charge in [0.15, 0.2) is 0 Å². The number of benzene rings is 3. The second kappa shape index (κ2) is 19.3. The van der Waals surface area contributed by atoms with Gasteiger partial charge < -0.3 is 20.4 Å². The maximum Gasteiger partial charge on any atom is 0.416 e. The maximum atomic E-state index is 12.9. The average Bonchev–Trinajstić information content (AvgIpc) is 3.13. The van der Waals surface area contributed by atoms with Gasteiger partial charge in [-0.15, -0.1) is 0 Å². The lowest BCUT2D eigenvalue weighted by molar-refractivity contribution is -0.138. The molecule has 15 heteroatoms. The van der Waals surface area contributed by atoms with Crippen LogP contribution in [0, 0.1) is 0 Å². The molecule has 0 bridgehead atoms. The van der Waals surface area contributed by atoms with Crippen LogP contribution in [0.5, 0.6) is 0 Å². The number of aliphatic carboxylic acids is 1. The van der Waals surface area contributed by atoms with E-state index in [-0.39, 0.29) is 31.9 Å². The van der Waals surface area contributed by atoms with Crippen molar-refractivity contribution < 1.29 is 46.1 Å². The number of carbonyl (C=O) groups is 2. The number of hydrogen-bond acceptors (Lipinski definition) is 7. The first-order valence-corrected chi connectivity index (χ1v) is 17.4. The molecule has 0 fully saturated rings. The molecule has 5 rings (SSSR count). The van der Waals surface area contributed by atoms with Crippen molar-refractivity contribution >= 4 is 17.8 Å². The first-order valence-electron chi connectivity index (χ1n) is 17.4. The van der Waals surface area contributed by atoms with Gasteiger partial charge in [0, 0.05) is 51.7 Å². The summed E-state index contributed by atoms with van der Waals surface area (Å²) in [5.41, 5.74) is 4.18. The van der Waals surface area contributed by atoms with Gasteiger partial charge >= 0.3 is 18.3 Å². The molecule has 9 nitrogen and oxygen atoms in total. The molecule has 2 heterocycles. The Hall–Kier alpha value is -5.02. The number of carbonyl (C=O) groups excluding carboxylic acids is 1. The van der Waals surface area contributed by atoms with E-state index in [1.165, 1.54) is 29.8 Å². The van der Waals surface area contributed by atoms with Gasteiger partial charge in [-0.05, 0) is 76.9 Å². The van der Waals surface area contributed by atoms with Gasteiger partial charge in [-0.2, -0.15) is 26.3 Å².